The largest absolute Gasteiger partial charge is 0.310 e. The van der Waals surface area contributed by atoms with Gasteiger partial charge >= 0.3 is 0 Å². The topological polar surface area (TPSA) is 57.8 Å². The van der Waals surface area contributed by atoms with E-state index in [1.807, 2.05) is 6.92 Å². The van der Waals surface area contributed by atoms with Crippen LogP contribution < -0.4 is 10.9 Å². The molecule has 2 rings (SSSR count). The number of H-pyrrole nitrogens is 1. The van der Waals surface area contributed by atoms with Crippen molar-refractivity contribution in [2.75, 3.05) is 0 Å². The zero-order valence-electron chi connectivity index (χ0n) is 7.85. The fourth-order valence-electron chi connectivity index (χ4n) is 1.66. The van der Waals surface area contributed by atoms with Gasteiger partial charge in [0.2, 0.25) is 0 Å². The third kappa shape index (κ3) is 1.49. The molecule has 4 heteroatoms. The van der Waals surface area contributed by atoms with E-state index in [0.717, 1.165) is 17.7 Å². The molecule has 2 N–H and O–H groups in total. The van der Waals surface area contributed by atoms with Crippen LogP contribution in [0.25, 0.3) is 0 Å². The number of aryl methyl sites for hydroxylation is 1. The van der Waals surface area contributed by atoms with Gasteiger partial charge in [-0.25, -0.2) is 4.98 Å². The Morgan fingerprint density at radius 1 is 1.54 bits per heavy atom. The highest BCUT2D eigenvalue weighted by molar-refractivity contribution is 5.21. The zero-order chi connectivity index (χ0) is 9.42. The average Bonchev–Trinajstić information content (AvgIpc) is 2.02. The van der Waals surface area contributed by atoms with Gasteiger partial charge < -0.3 is 10.3 Å². The van der Waals surface area contributed by atoms with E-state index in [2.05, 4.69) is 22.2 Å². The maximum atomic E-state index is 11.5. The quantitative estimate of drug-likeness (QED) is 0.594. The second kappa shape index (κ2) is 2.96. The Labute approximate surface area is 76.4 Å². The lowest BCUT2D eigenvalue weighted by Gasteiger charge is -2.21. The van der Waals surface area contributed by atoms with Crippen molar-refractivity contribution in [3.8, 4) is 0 Å². The lowest BCUT2D eigenvalue weighted by atomic mass is 10.0. The minimum atomic E-state index is 0.00176. The van der Waals surface area contributed by atoms with E-state index in [-0.39, 0.29) is 5.56 Å². The van der Waals surface area contributed by atoms with Gasteiger partial charge in [0.05, 0.1) is 11.3 Å². The molecule has 4 nitrogen and oxygen atoms in total. The number of aromatic amines is 1. The highest BCUT2D eigenvalue weighted by Crippen LogP contribution is 2.09. The monoisotopic (exact) mass is 179 g/mol. The minimum absolute atomic E-state index is 0.00176. The highest BCUT2D eigenvalue weighted by atomic mass is 16.1. The predicted octanol–water partition coefficient (Wildman–Crippen LogP) is 0.113. The second-order valence-corrected chi connectivity index (χ2v) is 3.56. The number of nitrogens with one attached hydrogen (secondary N) is 2. The van der Waals surface area contributed by atoms with Crippen LogP contribution in [0.4, 0.5) is 0 Å². The van der Waals surface area contributed by atoms with Gasteiger partial charge in [0.15, 0.2) is 0 Å². The van der Waals surface area contributed by atoms with Crippen LogP contribution in [0.2, 0.25) is 0 Å². The zero-order valence-corrected chi connectivity index (χ0v) is 7.85. The van der Waals surface area contributed by atoms with Crippen LogP contribution in [0.1, 0.15) is 24.0 Å². The van der Waals surface area contributed by atoms with Crippen molar-refractivity contribution < 1.29 is 0 Å². The highest BCUT2D eigenvalue weighted by Gasteiger charge is 2.18. The number of rotatable bonds is 0. The van der Waals surface area contributed by atoms with Gasteiger partial charge in [0, 0.05) is 19.0 Å². The third-order valence-corrected chi connectivity index (χ3v) is 2.35. The van der Waals surface area contributed by atoms with Crippen LogP contribution in [0, 0.1) is 6.92 Å². The summed E-state index contributed by atoms with van der Waals surface area (Å²) in [7, 11) is 0. The van der Waals surface area contributed by atoms with Crippen molar-refractivity contribution in [3.05, 3.63) is 27.4 Å². The van der Waals surface area contributed by atoms with Crippen molar-refractivity contribution in [1.82, 2.24) is 15.3 Å². The maximum absolute atomic E-state index is 11.5. The molecule has 1 aromatic heterocycles. The molecule has 0 amide bonds. The molecule has 0 saturated carbocycles. The van der Waals surface area contributed by atoms with Crippen molar-refractivity contribution in [2.45, 2.75) is 32.9 Å². The lowest BCUT2D eigenvalue weighted by Crippen LogP contribution is -2.37. The smallest absolute Gasteiger partial charge is 0.255 e. The first-order valence-electron chi connectivity index (χ1n) is 4.49. The molecule has 1 aliphatic heterocycles. The molecule has 1 aromatic rings. The van der Waals surface area contributed by atoms with Gasteiger partial charge in [0.1, 0.15) is 5.82 Å². The summed E-state index contributed by atoms with van der Waals surface area (Å²) < 4.78 is 0. The van der Waals surface area contributed by atoms with E-state index < -0.39 is 0 Å². The summed E-state index contributed by atoms with van der Waals surface area (Å²) in [6.45, 7) is 4.55. The van der Waals surface area contributed by atoms with E-state index in [1.54, 1.807) is 0 Å². The summed E-state index contributed by atoms with van der Waals surface area (Å²) in [6.07, 6.45) is 0.847. The van der Waals surface area contributed by atoms with Crippen LogP contribution in [0.15, 0.2) is 4.79 Å². The maximum Gasteiger partial charge on any atom is 0.255 e. The van der Waals surface area contributed by atoms with Crippen molar-refractivity contribution >= 4 is 0 Å². The van der Waals surface area contributed by atoms with E-state index >= 15 is 0 Å². The molecule has 13 heavy (non-hydrogen) atoms. The molecule has 0 fully saturated rings. The van der Waals surface area contributed by atoms with Gasteiger partial charge in [0.25, 0.3) is 5.56 Å². The Hall–Kier alpha value is -1.16. The Kier molecular flexibility index (Phi) is 1.92. The molecule has 1 unspecified atom stereocenters. The first kappa shape index (κ1) is 8.44. The number of nitrogens with zero attached hydrogens (tertiary/aromatic N) is 1. The normalized spacial score (nSPS) is 21.2. The summed E-state index contributed by atoms with van der Waals surface area (Å²) in [6, 6.07) is 0.418. The Morgan fingerprint density at radius 3 is 3.08 bits per heavy atom. The van der Waals surface area contributed by atoms with Crippen LogP contribution in [0.5, 0.6) is 0 Å². The van der Waals surface area contributed by atoms with E-state index in [4.69, 9.17) is 0 Å². The standard InChI is InChI=1S/C9H13N3O/c1-5-3-8-7(4-10-5)9(13)12-6(2)11-8/h5,10H,3-4H2,1-2H3,(H,11,12,13). The summed E-state index contributed by atoms with van der Waals surface area (Å²) in [5.41, 5.74) is 1.75. The van der Waals surface area contributed by atoms with Gasteiger partial charge in [-0.1, -0.05) is 0 Å². The summed E-state index contributed by atoms with van der Waals surface area (Å²) in [5.74, 6) is 0.706. The third-order valence-electron chi connectivity index (χ3n) is 2.35. The van der Waals surface area contributed by atoms with E-state index in [1.165, 1.54) is 0 Å². The van der Waals surface area contributed by atoms with E-state index in [0.29, 0.717) is 18.4 Å². The molecule has 0 radical (unpaired) electrons. The van der Waals surface area contributed by atoms with Crippen LogP contribution in [-0.2, 0) is 13.0 Å². The summed E-state index contributed by atoms with van der Waals surface area (Å²) in [5, 5.41) is 3.24. The van der Waals surface area contributed by atoms with Crippen LogP contribution in [-0.4, -0.2) is 16.0 Å². The number of aromatic nitrogens is 2. The Bertz CT molecular complexity index is 383. The molecule has 0 spiro atoms. The van der Waals surface area contributed by atoms with Crippen molar-refractivity contribution in [2.24, 2.45) is 0 Å². The SMILES string of the molecule is Cc1nc2c(c(=O)[nH]1)CNC(C)C2. The molecule has 0 bridgehead atoms. The van der Waals surface area contributed by atoms with Crippen LogP contribution >= 0.6 is 0 Å². The minimum Gasteiger partial charge on any atom is -0.310 e. The van der Waals surface area contributed by atoms with Crippen LogP contribution in [0.3, 0.4) is 0 Å². The molecular weight excluding hydrogens is 166 g/mol. The first-order chi connectivity index (χ1) is 6.16. The fraction of sp³-hybridized carbons (Fsp3) is 0.556. The Balaban J connectivity index is 2.53. The molecule has 0 saturated heterocycles. The number of hydrogen-bond donors (Lipinski definition) is 2. The molecule has 1 atom stereocenters. The average molecular weight is 179 g/mol. The molecule has 0 aromatic carbocycles. The first-order valence-corrected chi connectivity index (χ1v) is 4.49. The summed E-state index contributed by atoms with van der Waals surface area (Å²) >= 11 is 0. The molecule has 70 valence electrons. The van der Waals surface area contributed by atoms with Gasteiger partial charge in [-0.3, -0.25) is 4.79 Å². The lowest BCUT2D eigenvalue weighted by molar-refractivity contribution is 0.498. The molecule has 1 aliphatic rings. The molecule has 0 aliphatic carbocycles. The van der Waals surface area contributed by atoms with E-state index in [9.17, 15) is 4.79 Å². The second-order valence-electron chi connectivity index (χ2n) is 3.56. The predicted molar refractivity (Wildman–Crippen MR) is 49.6 cm³/mol. The van der Waals surface area contributed by atoms with Crippen molar-refractivity contribution in [1.29, 1.82) is 0 Å². The number of fused-ring (bicyclic) bond motifs is 1. The summed E-state index contributed by atoms with van der Waals surface area (Å²) in [4.78, 5) is 18.5. The van der Waals surface area contributed by atoms with Crippen molar-refractivity contribution in [3.63, 3.8) is 0 Å². The Morgan fingerprint density at radius 2 is 2.31 bits per heavy atom. The van der Waals surface area contributed by atoms with Gasteiger partial charge in [-0.15, -0.1) is 0 Å². The number of hydrogen-bond acceptors (Lipinski definition) is 3. The fourth-order valence-corrected chi connectivity index (χ4v) is 1.66. The molecular formula is C9H13N3O. The van der Waals surface area contributed by atoms with Gasteiger partial charge in [-0.05, 0) is 13.8 Å². The van der Waals surface area contributed by atoms with Gasteiger partial charge in [-0.2, -0.15) is 0 Å². The molecule has 2 heterocycles.